The first-order valence-electron chi connectivity index (χ1n) is 7.20. The number of hydrogen-bond acceptors (Lipinski definition) is 2. The van der Waals surface area contributed by atoms with E-state index in [0.29, 0.717) is 6.42 Å². The maximum absolute atomic E-state index is 12.3. The minimum Gasteiger partial charge on any atom is -0.480 e. The van der Waals surface area contributed by atoms with Gasteiger partial charge in [0.05, 0.1) is 0 Å². The number of carbonyl (C=O) groups is 1. The summed E-state index contributed by atoms with van der Waals surface area (Å²) in [6.45, 7) is 5.91. The van der Waals surface area contributed by atoms with E-state index in [1.54, 1.807) is 0 Å². The Morgan fingerprint density at radius 3 is 2.57 bits per heavy atom. The minimum absolute atomic E-state index is 0.119. The van der Waals surface area contributed by atoms with E-state index >= 15 is 0 Å². The van der Waals surface area contributed by atoms with Crippen LogP contribution in [-0.4, -0.2) is 12.0 Å². The number of benzene rings is 2. The Morgan fingerprint density at radius 1 is 1.14 bits per heavy atom. The van der Waals surface area contributed by atoms with Crippen molar-refractivity contribution in [1.82, 2.24) is 0 Å². The Hall–Kier alpha value is -2.29. The molecule has 0 aliphatic rings. The molecule has 1 amide bonds. The lowest BCUT2D eigenvalue weighted by molar-refractivity contribution is -0.122. The Balaban J connectivity index is 2.07. The Morgan fingerprint density at radius 2 is 1.90 bits per heavy atom. The molecule has 0 aromatic heterocycles. The number of anilines is 1. The third-order valence-electron chi connectivity index (χ3n) is 3.31. The SMILES string of the molecule is CC[C@@H](Oc1ccccc1C)C(=O)Nc1cccc(C)c1. The predicted molar refractivity (Wildman–Crippen MR) is 85.7 cm³/mol. The molecular weight excluding hydrogens is 262 g/mol. The lowest BCUT2D eigenvalue weighted by Gasteiger charge is -2.18. The van der Waals surface area contributed by atoms with Crippen LogP contribution >= 0.6 is 0 Å². The summed E-state index contributed by atoms with van der Waals surface area (Å²) in [4.78, 5) is 12.3. The molecule has 2 rings (SSSR count). The normalized spacial score (nSPS) is 11.8. The molecule has 0 bridgehead atoms. The molecule has 2 aromatic rings. The fourth-order valence-electron chi connectivity index (χ4n) is 2.11. The molecule has 2 aromatic carbocycles. The molecule has 0 saturated carbocycles. The van der Waals surface area contributed by atoms with Crippen molar-refractivity contribution in [2.75, 3.05) is 5.32 Å². The average molecular weight is 283 g/mol. The standard InChI is InChI=1S/C18H21NO2/c1-4-16(21-17-11-6-5-9-14(17)3)18(20)19-15-10-7-8-13(2)12-15/h5-12,16H,4H2,1-3H3,(H,19,20)/t16-/m1/s1. The highest BCUT2D eigenvalue weighted by Crippen LogP contribution is 2.19. The fraction of sp³-hybridized carbons (Fsp3) is 0.278. The zero-order valence-corrected chi connectivity index (χ0v) is 12.7. The third kappa shape index (κ3) is 4.09. The van der Waals surface area contributed by atoms with Crippen LogP contribution in [-0.2, 0) is 4.79 Å². The van der Waals surface area contributed by atoms with Crippen molar-refractivity contribution in [3.8, 4) is 5.75 Å². The van der Waals surface area contributed by atoms with Gasteiger partial charge in [0.2, 0.25) is 0 Å². The summed E-state index contributed by atoms with van der Waals surface area (Å²) in [6, 6.07) is 15.5. The molecule has 0 fully saturated rings. The van der Waals surface area contributed by atoms with Crippen LogP contribution in [0.1, 0.15) is 24.5 Å². The highest BCUT2D eigenvalue weighted by Gasteiger charge is 2.19. The molecule has 0 unspecified atom stereocenters. The van der Waals surface area contributed by atoms with Gasteiger partial charge in [0, 0.05) is 5.69 Å². The highest BCUT2D eigenvalue weighted by molar-refractivity contribution is 5.94. The second kappa shape index (κ2) is 6.93. The van der Waals surface area contributed by atoms with Gasteiger partial charge in [-0.25, -0.2) is 0 Å². The van der Waals surface area contributed by atoms with E-state index in [1.165, 1.54) is 0 Å². The first-order valence-corrected chi connectivity index (χ1v) is 7.20. The molecule has 1 N–H and O–H groups in total. The average Bonchev–Trinajstić information content (AvgIpc) is 2.46. The van der Waals surface area contributed by atoms with Crippen molar-refractivity contribution < 1.29 is 9.53 Å². The van der Waals surface area contributed by atoms with Crippen molar-refractivity contribution in [2.45, 2.75) is 33.3 Å². The first-order chi connectivity index (χ1) is 10.1. The number of nitrogens with one attached hydrogen (secondary N) is 1. The van der Waals surface area contributed by atoms with Crippen LogP contribution in [0.2, 0.25) is 0 Å². The molecule has 0 heterocycles. The van der Waals surface area contributed by atoms with Crippen LogP contribution < -0.4 is 10.1 Å². The Bertz CT molecular complexity index is 622. The Kier molecular flexibility index (Phi) is 4.99. The van der Waals surface area contributed by atoms with Crippen LogP contribution in [0.15, 0.2) is 48.5 Å². The molecule has 0 aliphatic carbocycles. The van der Waals surface area contributed by atoms with E-state index in [-0.39, 0.29) is 5.91 Å². The van der Waals surface area contributed by atoms with Gasteiger partial charge >= 0.3 is 0 Å². The van der Waals surface area contributed by atoms with Gasteiger partial charge < -0.3 is 10.1 Å². The minimum atomic E-state index is -0.494. The molecule has 0 saturated heterocycles. The summed E-state index contributed by atoms with van der Waals surface area (Å²) in [5.41, 5.74) is 2.94. The van der Waals surface area contributed by atoms with Gasteiger partial charge in [-0.05, 0) is 49.6 Å². The van der Waals surface area contributed by atoms with E-state index in [1.807, 2.05) is 69.3 Å². The van der Waals surface area contributed by atoms with Crippen LogP contribution in [0.25, 0.3) is 0 Å². The van der Waals surface area contributed by atoms with Crippen molar-refractivity contribution >= 4 is 11.6 Å². The quantitative estimate of drug-likeness (QED) is 0.897. The summed E-state index contributed by atoms with van der Waals surface area (Å²) in [6.07, 6.45) is 0.123. The lowest BCUT2D eigenvalue weighted by Crippen LogP contribution is -2.32. The molecule has 110 valence electrons. The maximum atomic E-state index is 12.3. The van der Waals surface area contributed by atoms with Gasteiger partial charge in [-0.3, -0.25) is 4.79 Å². The van der Waals surface area contributed by atoms with Crippen molar-refractivity contribution in [1.29, 1.82) is 0 Å². The molecule has 0 aliphatic heterocycles. The molecule has 0 radical (unpaired) electrons. The van der Waals surface area contributed by atoms with Gasteiger partial charge in [-0.1, -0.05) is 37.3 Å². The van der Waals surface area contributed by atoms with Crippen LogP contribution in [0.3, 0.4) is 0 Å². The van der Waals surface area contributed by atoms with Crippen LogP contribution in [0.5, 0.6) is 5.75 Å². The van der Waals surface area contributed by atoms with Crippen molar-refractivity contribution in [3.05, 3.63) is 59.7 Å². The van der Waals surface area contributed by atoms with Crippen molar-refractivity contribution in [3.63, 3.8) is 0 Å². The van der Waals surface area contributed by atoms with Gasteiger partial charge in [-0.15, -0.1) is 0 Å². The number of hydrogen-bond donors (Lipinski definition) is 1. The largest absolute Gasteiger partial charge is 0.480 e. The lowest BCUT2D eigenvalue weighted by atomic mass is 10.2. The summed E-state index contributed by atoms with van der Waals surface area (Å²) in [7, 11) is 0. The monoisotopic (exact) mass is 283 g/mol. The maximum Gasteiger partial charge on any atom is 0.265 e. The second-order valence-corrected chi connectivity index (χ2v) is 5.14. The van der Waals surface area contributed by atoms with E-state index in [4.69, 9.17) is 4.74 Å². The summed E-state index contributed by atoms with van der Waals surface area (Å²) in [5.74, 6) is 0.634. The van der Waals surface area contributed by atoms with Gasteiger partial charge in [0.1, 0.15) is 5.75 Å². The summed E-state index contributed by atoms with van der Waals surface area (Å²) >= 11 is 0. The molecular formula is C18H21NO2. The number of para-hydroxylation sites is 1. The van der Waals surface area contributed by atoms with Crippen molar-refractivity contribution in [2.24, 2.45) is 0 Å². The number of rotatable bonds is 5. The molecule has 3 nitrogen and oxygen atoms in total. The molecule has 21 heavy (non-hydrogen) atoms. The van der Waals surface area contributed by atoms with Gasteiger partial charge in [0.25, 0.3) is 5.91 Å². The van der Waals surface area contributed by atoms with Gasteiger partial charge in [0.15, 0.2) is 6.10 Å². The zero-order chi connectivity index (χ0) is 15.2. The number of amides is 1. The predicted octanol–water partition coefficient (Wildman–Crippen LogP) is 4.10. The highest BCUT2D eigenvalue weighted by atomic mass is 16.5. The fourth-order valence-corrected chi connectivity index (χ4v) is 2.11. The smallest absolute Gasteiger partial charge is 0.265 e. The zero-order valence-electron chi connectivity index (χ0n) is 12.7. The van der Waals surface area contributed by atoms with E-state index in [2.05, 4.69) is 5.32 Å². The molecule has 3 heteroatoms. The van der Waals surface area contributed by atoms with E-state index in [9.17, 15) is 4.79 Å². The third-order valence-corrected chi connectivity index (χ3v) is 3.31. The van der Waals surface area contributed by atoms with Crippen LogP contribution in [0, 0.1) is 13.8 Å². The number of carbonyl (C=O) groups excluding carboxylic acids is 1. The topological polar surface area (TPSA) is 38.3 Å². The van der Waals surface area contributed by atoms with Crippen LogP contribution in [0.4, 0.5) is 5.69 Å². The molecule has 1 atom stereocenters. The summed E-state index contributed by atoms with van der Waals surface area (Å²) < 4.78 is 5.85. The Labute approximate surface area is 126 Å². The van der Waals surface area contributed by atoms with E-state index in [0.717, 1.165) is 22.6 Å². The second-order valence-electron chi connectivity index (χ2n) is 5.14. The van der Waals surface area contributed by atoms with Gasteiger partial charge in [-0.2, -0.15) is 0 Å². The molecule has 0 spiro atoms. The van der Waals surface area contributed by atoms with E-state index < -0.39 is 6.10 Å². The number of ether oxygens (including phenoxy) is 1. The first kappa shape index (κ1) is 15.1. The number of aryl methyl sites for hydroxylation is 2. The summed E-state index contributed by atoms with van der Waals surface area (Å²) in [5, 5.41) is 2.91.